The molecule has 128 valence electrons. The SMILES string of the molecule is CCCC(=O)N(Cc1cccc(Cl)c1)[C@@H](C)C(=O)NC(C)(C)C. The van der Waals surface area contributed by atoms with E-state index in [-0.39, 0.29) is 17.4 Å². The number of rotatable bonds is 6. The van der Waals surface area contributed by atoms with Crippen LogP contribution in [0.1, 0.15) is 53.0 Å². The summed E-state index contributed by atoms with van der Waals surface area (Å²) in [5.41, 5.74) is 0.582. The Morgan fingerprint density at radius 3 is 2.48 bits per heavy atom. The van der Waals surface area contributed by atoms with Gasteiger partial charge in [0.05, 0.1) is 0 Å². The molecule has 1 N–H and O–H groups in total. The van der Waals surface area contributed by atoms with E-state index in [4.69, 9.17) is 11.6 Å². The summed E-state index contributed by atoms with van der Waals surface area (Å²) >= 11 is 6.02. The minimum atomic E-state index is -0.535. The molecule has 0 saturated heterocycles. The third kappa shape index (κ3) is 6.61. The fourth-order valence-corrected chi connectivity index (χ4v) is 2.46. The maximum atomic E-state index is 12.5. The van der Waals surface area contributed by atoms with Crippen molar-refractivity contribution in [1.29, 1.82) is 0 Å². The fraction of sp³-hybridized carbons (Fsp3) is 0.556. The molecule has 0 spiro atoms. The Kier molecular flexibility index (Phi) is 7.07. The monoisotopic (exact) mass is 338 g/mol. The molecule has 23 heavy (non-hydrogen) atoms. The van der Waals surface area contributed by atoms with Gasteiger partial charge in [0.25, 0.3) is 0 Å². The molecule has 1 aromatic carbocycles. The topological polar surface area (TPSA) is 49.4 Å². The van der Waals surface area contributed by atoms with Gasteiger partial charge in [0.15, 0.2) is 0 Å². The van der Waals surface area contributed by atoms with Crippen molar-refractivity contribution >= 4 is 23.4 Å². The predicted molar refractivity (Wildman–Crippen MR) is 94.3 cm³/mol. The molecule has 0 aliphatic heterocycles. The Hall–Kier alpha value is -1.55. The normalized spacial score (nSPS) is 12.6. The Morgan fingerprint density at radius 1 is 1.30 bits per heavy atom. The molecule has 1 aromatic rings. The fourth-order valence-electron chi connectivity index (χ4n) is 2.25. The van der Waals surface area contributed by atoms with E-state index >= 15 is 0 Å². The number of hydrogen-bond donors (Lipinski definition) is 1. The molecule has 1 atom stereocenters. The highest BCUT2D eigenvalue weighted by Gasteiger charge is 2.27. The minimum absolute atomic E-state index is 0.0240. The second kappa shape index (κ2) is 8.34. The highest BCUT2D eigenvalue weighted by Crippen LogP contribution is 2.16. The third-order valence-electron chi connectivity index (χ3n) is 3.37. The number of benzene rings is 1. The van der Waals surface area contributed by atoms with Crippen molar-refractivity contribution in [2.75, 3.05) is 0 Å². The first-order chi connectivity index (χ1) is 10.6. The number of hydrogen-bond acceptors (Lipinski definition) is 2. The molecule has 0 radical (unpaired) electrons. The van der Waals surface area contributed by atoms with Crippen molar-refractivity contribution in [3.63, 3.8) is 0 Å². The molecule has 1 rings (SSSR count). The largest absolute Gasteiger partial charge is 0.350 e. The summed E-state index contributed by atoms with van der Waals surface area (Å²) in [4.78, 5) is 26.5. The third-order valence-corrected chi connectivity index (χ3v) is 3.61. The van der Waals surface area contributed by atoms with Crippen molar-refractivity contribution in [2.24, 2.45) is 0 Å². The van der Waals surface area contributed by atoms with Gasteiger partial charge in [0.2, 0.25) is 11.8 Å². The first kappa shape index (κ1) is 19.5. The van der Waals surface area contributed by atoms with Crippen LogP contribution in [0.5, 0.6) is 0 Å². The lowest BCUT2D eigenvalue weighted by atomic mass is 10.1. The maximum absolute atomic E-state index is 12.5. The molecule has 0 fully saturated rings. The molecular weight excluding hydrogens is 312 g/mol. The van der Waals surface area contributed by atoms with Gasteiger partial charge in [-0.2, -0.15) is 0 Å². The molecule has 0 aliphatic rings. The molecular formula is C18H27ClN2O2. The van der Waals surface area contributed by atoms with Crippen molar-refractivity contribution in [3.05, 3.63) is 34.9 Å². The smallest absolute Gasteiger partial charge is 0.242 e. The van der Waals surface area contributed by atoms with Gasteiger partial charge in [-0.25, -0.2) is 0 Å². The minimum Gasteiger partial charge on any atom is -0.350 e. The average Bonchev–Trinajstić information content (AvgIpc) is 2.42. The average molecular weight is 339 g/mol. The lowest BCUT2D eigenvalue weighted by molar-refractivity contribution is -0.141. The van der Waals surface area contributed by atoms with Gasteiger partial charge in [-0.1, -0.05) is 30.7 Å². The summed E-state index contributed by atoms with van der Waals surface area (Å²) in [6.07, 6.45) is 1.17. The van der Waals surface area contributed by atoms with Crippen LogP contribution in [0.15, 0.2) is 24.3 Å². The lowest BCUT2D eigenvalue weighted by Gasteiger charge is -2.31. The van der Waals surface area contributed by atoms with Gasteiger partial charge in [0.1, 0.15) is 6.04 Å². The van der Waals surface area contributed by atoms with Crippen LogP contribution in [0.4, 0.5) is 0 Å². The first-order valence-electron chi connectivity index (χ1n) is 8.00. The molecule has 0 unspecified atom stereocenters. The number of nitrogens with zero attached hydrogens (tertiary/aromatic N) is 1. The predicted octanol–water partition coefficient (Wildman–Crippen LogP) is 3.77. The standard InChI is InChI=1S/C18H27ClN2O2/c1-6-8-16(22)21(12-14-9-7-10-15(19)11-14)13(2)17(23)20-18(3,4)5/h7,9-11,13H,6,8,12H2,1-5H3,(H,20,23)/t13-/m0/s1. The van der Waals surface area contributed by atoms with Crippen molar-refractivity contribution in [3.8, 4) is 0 Å². The molecule has 0 saturated carbocycles. The van der Waals surface area contributed by atoms with Crippen LogP contribution in [-0.4, -0.2) is 28.3 Å². The summed E-state index contributed by atoms with van der Waals surface area (Å²) in [6.45, 7) is 9.86. The van der Waals surface area contributed by atoms with Crippen LogP contribution in [0.2, 0.25) is 5.02 Å². The van der Waals surface area contributed by atoms with Crippen LogP contribution in [0.25, 0.3) is 0 Å². The molecule has 0 aromatic heterocycles. The van der Waals surface area contributed by atoms with Gasteiger partial charge >= 0.3 is 0 Å². The van der Waals surface area contributed by atoms with Gasteiger partial charge in [-0.15, -0.1) is 0 Å². The number of carbonyl (C=O) groups excluding carboxylic acids is 2. The van der Waals surface area contributed by atoms with Gasteiger partial charge < -0.3 is 10.2 Å². The molecule has 0 heterocycles. The summed E-state index contributed by atoms with van der Waals surface area (Å²) < 4.78 is 0. The van der Waals surface area contributed by atoms with Crippen LogP contribution in [0.3, 0.4) is 0 Å². The highest BCUT2D eigenvalue weighted by molar-refractivity contribution is 6.30. The molecule has 5 heteroatoms. The van der Waals surface area contributed by atoms with E-state index < -0.39 is 6.04 Å². The molecule has 0 aliphatic carbocycles. The lowest BCUT2D eigenvalue weighted by Crippen LogP contribution is -2.52. The summed E-state index contributed by atoms with van der Waals surface area (Å²) in [5.74, 6) is -0.173. The Labute approximate surface area is 144 Å². The van der Waals surface area contributed by atoms with Gasteiger partial charge in [-0.3, -0.25) is 9.59 Å². The quantitative estimate of drug-likeness (QED) is 0.858. The number of carbonyl (C=O) groups is 2. The Bertz CT molecular complexity index is 552. The maximum Gasteiger partial charge on any atom is 0.242 e. The van der Waals surface area contributed by atoms with Crippen LogP contribution >= 0.6 is 11.6 Å². The van der Waals surface area contributed by atoms with E-state index in [0.717, 1.165) is 12.0 Å². The van der Waals surface area contributed by atoms with E-state index in [9.17, 15) is 9.59 Å². The van der Waals surface area contributed by atoms with Gasteiger partial charge in [-0.05, 0) is 51.8 Å². The molecule has 0 bridgehead atoms. The number of amides is 2. The summed E-state index contributed by atoms with van der Waals surface area (Å²) in [6, 6.07) is 6.83. The van der Waals surface area contributed by atoms with E-state index in [1.165, 1.54) is 0 Å². The highest BCUT2D eigenvalue weighted by atomic mass is 35.5. The van der Waals surface area contributed by atoms with E-state index in [0.29, 0.717) is 18.0 Å². The number of nitrogens with one attached hydrogen (secondary N) is 1. The zero-order valence-electron chi connectivity index (χ0n) is 14.6. The molecule has 2 amide bonds. The second-order valence-electron chi connectivity index (χ2n) is 6.82. The zero-order valence-corrected chi connectivity index (χ0v) is 15.4. The van der Waals surface area contributed by atoms with E-state index in [1.54, 1.807) is 17.9 Å². The number of halogens is 1. The van der Waals surface area contributed by atoms with Gasteiger partial charge in [0, 0.05) is 23.5 Å². The first-order valence-corrected chi connectivity index (χ1v) is 8.37. The Balaban J connectivity index is 2.95. The van der Waals surface area contributed by atoms with Crippen LogP contribution in [0, 0.1) is 0 Å². The molecule has 4 nitrogen and oxygen atoms in total. The van der Waals surface area contributed by atoms with Crippen molar-refractivity contribution in [2.45, 2.75) is 65.6 Å². The summed E-state index contributed by atoms with van der Waals surface area (Å²) in [5, 5.41) is 3.56. The zero-order chi connectivity index (χ0) is 17.6. The van der Waals surface area contributed by atoms with E-state index in [1.807, 2.05) is 45.9 Å². The second-order valence-corrected chi connectivity index (χ2v) is 7.25. The van der Waals surface area contributed by atoms with Crippen LogP contribution in [-0.2, 0) is 16.1 Å². The summed E-state index contributed by atoms with van der Waals surface area (Å²) in [7, 11) is 0. The Morgan fingerprint density at radius 2 is 1.96 bits per heavy atom. The van der Waals surface area contributed by atoms with E-state index in [2.05, 4.69) is 5.32 Å². The van der Waals surface area contributed by atoms with Crippen LogP contribution < -0.4 is 5.32 Å². The van der Waals surface area contributed by atoms with Crippen molar-refractivity contribution < 1.29 is 9.59 Å². The van der Waals surface area contributed by atoms with Crippen molar-refractivity contribution in [1.82, 2.24) is 10.2 Å².